The van der Waals surface area contributed by atoms with Gasteiger partial charge in [0, 0.05) is 24.3 Å². The standard InChI is InChI=1S/C21H25FN2O4S/c1-2-3-4-16-5-8-18(9-6-16)23-21(25)17-7-10-19(22)20(15-17)29(26,27)24-11-13-28-14-12-24/h5-10,15H,2-4,11-14H2,1H3,(H,23,25). The third-order valence-corrected chi connectivity index (χ3v) is 6.73. The van der Waals surface area contributed by atoms with Gasteiger partial charge in [0.05, 0.1) is 13.2 Å². The van der Waals surface area contributed by atoms with Crippen LogP contribution in [0.2, 0.25) is 0 Å². The number of benzene rings is 2. The van der Waals surface area contributed by atoms with E-state index in [4.69, 9.17) is 4.74 Å². The van der Waals surface area contributed by atoms with Crippen LogP contribution in [-0.4, -0.2) is 44.9 Å². The lowest BCUT2D eigenvalue weighted by Gasteiger charge is -2.26. The molecule has 0 aliphatic carbocycles. The van der Waals surface area contributed by atoms with Gasteiger partial charge in [-0.1, -0.05) is 25.5 Å². The van der Waals surface area contributed by atoms with Gasteiger partial charge < -0.3 is 10.1 Å². The summed E-state index contributed by atoms with van der Waals surface area (Å²) in [6.07, 6.45) is 3.19. The molecule has 1 heterocycles. The van der Waals surface area contributed by atoms with E-state index in [1.54, 1.807) is 12.1 Å². The Morgan fingerprint density at radius 3 is 2.48 bits per heavy atom. The largest absolute Gasteiger partial charge is 0.379 e. The van der Waals surface area contributed by atoms with E-state index in [9.17, 15) is 17.6 Å². The van der Waals surface area contributed by atoms with Gasteiger partial charge in [-0.05, 0) is 48.7 Å². The van der Waals surface area contributed by atoms with Gasteiger partial charge in [-0.25, -0.2) is 12.8 Å². The Morgan fingerprint density at radius 2 is 1.83 bits per heavy atom. The predicted molar refractivity (Wildman–Crippen MR) is 109 cm³/mol. The lowest BCUT2D eigenvalue weighted by Crippen LogP contribution is -2.41. The molecule has 8 heteroatoms. The number of aryl methyl sites for hydroxylation is 1. The summed E-state index contributed by atoms with van der Waals surface area (Å²) in [5.74, 6) is -1.38. The molecule has 3 rings (SSSR count). The zero-order valence-electron chi connectivity index (χ0n) is 16.4. The van der Waals surface area contributed by atoms with Crippen LogP contribution in [0.25, 0.3) is 0 Å². The summed E-state index contributed by atoms with van der Waals surface area (Å²) in [7, 11) is -4.04. The lowest BCUT2D eigenvalue weighted by molar-refractivity contribution is 0.0729. The Morgan fingerprint density at radius 1 is 1.14 bits per heavy atom. The average Bonchev–Trinajstić information content (AvgIpc) is 2.74. The maximum absolute atomic E-state index is 14.3. The summed E-state index contributed by atoms with van der Waals surface area (Å²) in [6, 6.07) is 10.9. The third-order valence-electron chi connectivity index (χ3n) is 4.81. The summed E-state index contributed by atoms with van der Waals surface area (Å²) < 4.78 is 46.1. The quantitative estimate of drug-likeness (QED) is 0.745. The van der Waals surface area contributed by atoms with E-state index in [1.807, 2.05) is 12.1 Å². The molecule has 0 saturated carbocycles. The lowest BCUT2D eigenvalue weighted by atomic mass is 10.1. The minimum absolute atomic E-state index is 0.0771. The molecule has 1 fully saturated rings. The van der Waals surface area contributed by atoms with Gasteiger partial charge >= 0.3 is 0 Å². The van der Waals surface area contributed by atoms with Crippen LogP contribution in [0.4, 0.5) is 10.1 Å². The topological polar surface area (TPSA) is 75.7 Å². The third kappa shape index (κ3) is 5.20. The second-order valence-corrected chi connectivity index (χ2v) is 8.82. The molecule has 6 nitrogen and oxygen atoms in total. The maximum atomic E-state index is 14.3. The molecular formula is C21H25FN2O4S. The zero-order valence-corrected chi connectivity index (χ0v) is 17.2. The minimum Gasteiger partial charge on any atom is -0.379 e. The predicted octanol–water partition coefficient (Wildman–Crippen LogP) is 3.44. The Kier molecular flexibility index (Phi) is 7.00. The van der Waals surface area contributed by atoms with Gasteiger partial charge in [0.15, 0.2) is 0 Å². The molecule has 2 aromatic carbocycles. The summed E-state index contributed by atoms with van der Waals surface area (Å²) in [4.78, 5) is 12.1. The molecule has 0 radical (unpaired) electrons. The number of sulfonamides is 1. The number of hydrogen-bond donors (Lipinski definition) is 1. The number of morpholine rings is 1. The number of carbonyl (C=O) groups is 1. The van der Waals surface area contributed by atoms with Crippen LogP contribution >= 0.6 is 0 Å². The van der Waals surface area contributed by atoms with Crippen LogP contribution in [0.15, 0.2) is 47.4 Å². The Labute approximate surface area is 170 Å². The van der Waals surface area contributed by atoms with Gasteiger partial charge in [-0.3, -0.25) is 4.79 Å². The molecule has 156 valence electrons. The van der Waals surface area contributed by atoms with E-state index in [0.29, 0.717) is 5.69 Å². The SMILES string of the molecule is CCCCc1ccc(NC(=O)c2ccc(F)c(S(=O)(=O)N3CCOCC3)c2)cc1. The molecular weight excluding hydrogens is 395 g/mol. The van der Waals surface area contributed by atoms with Gasteiger partial charge in [0.1, 0.15) is 10.7 Å². The smallest absolute Gasteiger partial charge is 0.255 e. The second-order valence-electron chi connectivity index (χ2n) is 6.92. The highest BCUT2D eigenvalue weighted by Gasteiger charge is 2.29. The normalized spacial score (nSPS) is 15.2. The van der Waals surface area contributed by atoms with Gasteiger partial charge in [-0.15, -0.1) is 0 Å². The highest BCUT2D eigenvalue weighted by atomic mass is 32.2. The Balaban J connectivity index is 1.77. The molecule has 0 unspecified atom stereocenters. The molecule has 0 aromatic heterocycles. The van der Waals surface area contributed by atoms with Crippen LogP contribution in [0.3, 0.4) is 0 Å². The number of halogens is 1. The van der Waals surface area contributed by atoms with Crippen molar-refractivity contribution < 1.29 is 22.3 Å². The van der Waals surface area contributed by atoms with E-state index in [-0.39, 0.29) is 31.9 Å². The first-order valence-electron chi connectivity index (χ1n) is 9.69. The number of ether oxygens (including phenoxy) is 1. The Hall–Kier alpha value is -2.29. The highest BCUT2D eigenvalue weighted by molar-refractivity contribution is 7.89. The first-order chi connectivity index (χ1) is 13.9. The van der Waals surface area contributed by atoms with Crippen LogP contribution < -0.4 is 5.32 Å². The van der Waals surface area contributed by atoms with Crippen molar-refractivity contribution in [3.05, 3.63) is 59.4 Å². The molecule has 1 saturated heterocycles. The Bertz CT molecular complexity index is 955. The first-order valence-corrected chi connectivity index (χ1v) is 11.1. The molecule has 1 N–H and O–H groups in total. The van der Waals surface area contributed by atoms with Crippen LogP contribution in [0.5, 0.6) is 0 Å². The molecule has 1 amide bonds. The van der Waals surface area contributed by atoms with Crippen molar-refractivity contribution >= 4 is 21.6 Å². The minimum atomic E-state index is -4.04. The number of nitrogens with zero attached hydrogens (tertiary/aromatic N) is 1. The van der Waals surface area contributed by atoms with Crippen molar-refractivity contribution in [3.8, 4) is 0 Å². The van der Waals surface area contributed by atoms with Crippen LogP contribution in [0, 0.1) is 5.82 Å². The number of anilines is 1. The van der Waals surface area contributed by atoms with E-state index in [0.717, 1.165) is 31.4 Å². The summed E-state index contributed by atoms with van der Waals surface area (Å²) in [6.45, 7) is 2.96. The molecule has 0 spiro atoms. The number of unbranched alkanes of at least 4 members (excludes halogenated alkanes) is 1. The van der Waals surface area contributed by atoms with Crippen LogP contribution in [-0.2, 0) is 21.2 Å². The summed E-state index contributed by atoms with van der Waals surface area (Å²) in [5.41, 5.74) is 1.86. The van der Waals surface area contributed by atoms with Gasteiger partial charge in [-0.2, -0.15) is 4.31 Å². The van der Waals surface area contributed by atoms with E-state index in [1.165, 1.54) is 15.9 Å². The molecule has 0 bridgehead atoms. The molecule has 29 heavy (non-hydrogen) atoms. The fourth-order valence-corrected chi connectivity index (χ4v) is 4.61. The maximum Gasteiger partial charge on any atom is 0.255 e. The molecule has 0 atom stereocenters. The fourth-order valence-electron chi connectivity index (χ4n) is 3.11. The summed E-state index contributed by atoms with van der Waals surface area (Å²) >= 11 is 0. The van der Waals surface area contributed by atoms with Crippen molar-refractivity contribution in [2.45, 2.75) is 31.1 Å². The molecule has 1 aliphatic rings. The van der Waals surface area contributed by atoms with Crippen molar-refractivity contribution in [2.24, 2.45) is 0 Å². The fraction of sp³-hybridized carbons (Fsp3) is 0.381. The van der Waals surface area contributed by atoms with Crippen LogP contribution in [0.1, 0.15) is 35.7 Å². The van der Waals surface area contributed by atoms with E-state index in [2.05, 4.69) is 12.2 Å². The van der Waals surface area contributed by atoms with Crippen molar-refractivity contribution in [3.63, 3.8) is 0 Å². The number of nitrogens with one attached hydrogen (secondary N) is 1. The summed E-state index contributed by atoms with van der Waals surface area (Å²) in [5, 5.41) is 2.73. The highest BCUT2D eigenvalue weighted by Crippen LogP contribution is 2.22. The van der Waals surface area contributed by atoms with E-state index >= 15 is 0 Å². The van der Waals surface area contributed by atoms with E-state index < -0.39 is 26.6 Å². The molecule has 2 aromatic rings. The van der Waals surface area contributed by atoms with Gasteiger partial charge in [0.2, 0.25) is 10.0 Å². The second kappa shape index (κ2) is 9.47. The van der Waals surface area contributed by atoms with Gasteiger partial charge in [0.25, 0.3) is 5.91 Å². The molecule has 1 aliphatic heterocycles. The van der Waals surface area contributed by atoms with Crippen molar-refractivity contribution in [2.75, 3.05) is 31.6 Å². The zero-order chi connectivity index (χ0) is 20.9. The number of amides is 1. The van der Waals surface area contributed by atoms with Crippen molar-refractivity contribution in [1.29, 1.82) is 0 Å². The number of hydrogen-bond acceptors (Lipinski definition) is 4. The van der Waals surface area contributed by atoms with Crippen molar-refractivity contribution in [1.82, 2.24) is 4.31 Å². The monoisotopic (exact) mass is 420 g/mol. The number of carbonyl (C=O) groups excluding carboxylic acids is 1. The number of rotatable bonds is 7. The first kappa shape index (κ1) is 21.4. The average molecular weight is 421 g/mol.